The van der Waals surface area contributed by atoms with E-state index in [1.807, 2.05) is 43.3 Å². The third kappa shape index (κ3) is 4.45. The first-order chi connectivity index (χ1) is 12.5. The van der Waals surface area contributed by atoms with Crippen molar-refractivity contribution >= 4 is 11.6 Å². The third-order valence-electron chi connectivity index (χ3n) is 3.75. The van der Waals surface area contributed by atoms with Gasteiger partial charge in [-0.15, -0.1) is 0 Å². The van der Waals surface area contributed by atoms with Crippen molar-refractivity contribution in [1.82, 2.24) is 0 Å². The molecule has 0 saturated heterocycles. The summed E-state index contributed by atoms with van der Waals surface area (Å²) < 4.78 is 32.5. The molecule has 3 nitrogen and oxygen atoms in total. The number of carbonyl (C=O) groups is 1. The lowest BCUT2D eigenvalue weighted by Crippen LogP contribution is -2.13. The van der Waals surface area contributed by atoms with Crippen molar-refractivity contribution in [2.24, 2.45) is 0 Å². The predicted octanol–water partition coefficient (Wildman–Crippen LogP) is 5.10. The Balaban J connectivity index is 1.79. The van der Waals surface area contributed by atoms with Gasteiger partial charge in [0.05, 0.1) is 5.69 Å². The van der Waals surface area contributed by atoms with Crippen molar-refractivity contribution < 1.29 is 18.3 Å². The van der Waals surface area contributed by atoms with E-state index in [1.165, 1.54) is 0 Å². The molecular weight excluding hydrogens is 336 g/mol. The molecule has 0 bridgehead atoms. The van der Waals surface area contributed by atoms with Crippen molar-refractivity contribution in [3.8, 4) is 5.75 Å². The normalized spacial score (nSPS) is 10.4. The minimum Gasteiger partial charge on any atom is -0.487 e. The molecule has 0 atom stereocenters. The van der Waals surface area contributed by atoms with Crippen molar-refractivity contribution in [3.63, 3.8) is 0 Å². The van der Waals surface area contributed by atoms with E-state index in [-0.39, 0.29) is 5.56 Å². The molecule has 0 radical (unpaired) electrons. The minimum absolute atomic E-state index is 0.0999. The van der Waals surface area contributed by atoms with Gasteiger partial charge in [-0.25, -0.2) is 8.78 Å². The highest BCUT2D eigenvalue weighted by molar-refractivity contribution is 6.05. The van der Waals surface area contributed by atoms with Gasteiger partial charge >= 0.3 is 0 Å². The molecule has 0 aliphatic heterocycles. The number of nitrogens with one attached hydrogen (secondary N) is 1. The zero-order chi connectivity index (χ0) is 18.5. The second kappa shape index (κ2) is 7.78. The molecule has 0 saturated carbocycles. The molecule has 0 aromatic heterocycles. The Bertz CT molecular complexity index is 906. The summed E-state index contributed by atoms with van der Waals surface area (Å²) in [6.45, 7) is 2.24. The van der Waals surface area contributed by atoms with Gasteiger partial charge in [-0.2, -0.15) is 0 Å². The number of aryl methyl sites for hydroxylation is 1. The van der Waals surface area contributed by atoms with Gasteiger partial charge < -0.3 is 10.1 Å². The molecule has 5 heteroatoms. The fourth-order valence-electron chi connectivity index (χ4n) is 2.47. The van der Waals surface area contributed by atoms with Crippen LogP contribution in [0.3, 0.4) is 0 Å². The van der Waals surface area contributed by atoms with Crippen LogP contribution in [0.25, 0.3) is 0 Å². The lowest BCUT2D eigenvalue weighted by Gasteiger charge is -2.14. The van der Waals surface area contributed by atoms with Crippen LogP contribution in [0.15, 0.2) is 66.7 Å². The largest absolute Gasteiger partial charge is 0.487 e. The second-order valence-electron chi connectivity index (χ2n) is 5.89. The highest BCUT2D eigenvalue weighted by atomic mass is 19.1. The molecule has 0 unspecified atom stereocenters. The van der Waals surface area contributed by atoms with Gasteiger partial charge in [0.25, 0.3) is 5.91 Å². The average molecular weight is 353 g/mol. The highest BCUT2D eigenvalue weighted by Gasteiger charge is 2.13. The van der Waals surface area contributed by atoms with E-state index >= 15 is 0 Å². The minimum atomic E-state index is -0.806. The molecular formula is C21H17F2NO2. The zero-order valence-corrected chi connectivity index (χ0v) is 14.1. The molecule has 1 N–H and O–H groups in total. The van der Waals surface area contributed by atoms with E-state index in [0.29, 0.717) is 18.0 Å². The van der Waals surface area contributed by atoms with E-state index in [0.717, 1.165) is 29.3 Å². The summed E-state index contributed by atoms with van der Waals surface area (Å²) >= 11 is 0. The maximum absolute atomic E-state index is 13.3. The van der Waals surface area contributed by atoms with Crippen molar-refractivity contribution in [3.05, 3.63) is 95.1 Å². The monoisotopic (exact) mass is 353 g/mol. The number of carbonyl (C=O) groups excluding carboxylic acids is 1. The van der Waals surface area contributed by atoms with Crippen molar-refractivity contribution in [2.45, 2.75) is 13.5 Å². The van der Waals surface area contributed by atoms with Gasteiger partial charge in [0.2, 0.25) is 0 Å². The Morgan fingerprint density at radius 3 is 2.35 bits per heavy atom. The van der Waals surface area contributed by atoms with Crippen molar-refractivity contribution in [1.29, 1.82) is 0 Å². The molecule has 0 spiro atoms. The molecule has 1 amide bonds. The lowest BCUT2D eigenvalue weighted by atomic mass is 10.1. The summed E-state index contributed by atoms with van der Waals surface area (Å²) in [5.74, 6) is -1.74. The summed E-state index contributed by atoms with van der Waals surface area (Å²) in [4.78, 5) is 12.3. The van der Waals surface area contributed by atoms with Gasteiger partial charge in [0.15, 0.2) is 0 Å². The summed E-state index contributed by atoms with van der Waals surface area (Å²) in [5.41, 5.74) is 2.28. The SMILES string of the molecule is Cc1ccc(NC(=O)c2cc(F)cc(F)c2)c(OCc2ccccc2)c1. The molecule has 132 valence electrons. The fraction of sp³-hybridized carbons (Fsp3) is 0.0952. The number of halogens is 2. The van der Waals surface area contributed by atoms with Gasteiger partial charge in [-0.3, -0.25) is 4.79 Å². The van der Waals surface area contributed by atoms with Gasteiger partial charge in [-0.1, -0.05) is 36.4 Å². The van der Waals surface area contributed by atoms with E-state index in [1.54, 1.807) is 12.1 Å². The number of ether oxygens (including phenoxy) is 1. The Kier molecular flexibility index (Phi) is 5.27. The molecule has 3 rings (SSSR count). The maximum Gasteiger partial charge on any atom is 0.255 e. The second-order valence-corrected chi connectivity index (χ2v) is 5.89. The first kappa shape index (κ1) is 17.6. The third-order valence-corrected chi connectivity index (χ3v) is 3.75. The quantitative estimate of drug-likeness (QED) is 0.693. The molecule has 3 aromatic rings. The smallest absolute Gasteiger partial charge is 0.255 e. The number of hydrogen-bond donors (Lipinski definition) is 1. The van der Waals surface area contributed by atoms with Gasteiger partial charge in [-0.05, 0) is 42.3 Å². The highest BCUT2D eigenvalue weighted by Crippen LogP contribution is 2.27. The summed E-state index contributed by atoms with van der Waals surface area (Å²) in [6.07, 6.45) is 0. The summed E-state index contributed by atoms with van der Waals surface area (Å²) in [6, 6.07) is 17.6. The van der Waals surface area contributed by atoms with Crippen LogP contribution in [-0.4, -0.2) is 5.91 Å². The Morgan fingerprint density at radius 1 is 0.962 bits per heavy atom. The number of benzene rings is 3. The molecule has 26 heavy (non-hydrogen) atoms. The first-order valence-electron chi connectivity index (χ1n) is 8.06. The van der Waals surface area contributed by atoms with E-state index in [9.17, 15) is 13.6 Å². The van der Waals surface area contributed by atoms with Crippen LogP contribution >= 0.6 is 0 Å². The summed E-state index contributed by atoms with van der Waals surface area (Å²) in [7, 11) is 0. The molecule has 0 aliphatic rings. The van der Waals surface area contributed by atoms with Crippen LogP contribution in [0.5, 0.6) is 5.75 Å². The average Bonchev–Trinajstić information content (AvgIpc) is 2.62. The maximum atomic E-state index is 13.3. The Labute approximate surface area is 150 Å². The Hall–Kier alpha value is -3.21. The number of rotatable bonds is 5. The summed E-state index contributed by atoms with van der Waals surface area (Å²) in [5, 5.41) is 2.65. The number of anilines is 1. The number of amides is 1. The van der Waals surface area contributed by atoms with Crippen LogP contribution in [0.2, 0.25) is 0 Å². The lowest BCUT2D eigenvalue weighted by molar-refractivity contribution is 0.102. The van der Waals surface area contributed by atoms with Gasteiger partial charge in [0, 0.05) is 11.6 Å². The molecule has 0 heterocycles. The zero-order valence-electron chi connectivity index (χ0n) is 14.1. The number of hydrogen-bond acceptors (Lipinski definition) is 2. The van der Waals surface area contributed by atoms with Crippen LogP contribution < -0.4 is 10.1 Å². The topological polar surface area (TPSA) is 38.3 Å². The predicted molar refractivity (Wildman–Crippen MR) is 96.3 cm³/mol. The molecule has 0 aliphatic carbocycles. The van der Waals surface area contributed by atoms with Crippen LogP contribution in [0, 0.1) is 18.6 Å². The standard InChI is InChI=1S/C21H17F2NO2/c1-14-7-8-19(20(9-14)26-13-15-5-3-2-4-6-15)24-21(25)16-10-17(22)12-18(23)11-16/h2-12H,13H2,1H3,(H,24,25). The Morgan fingerprint density at radius 2 is 1.65 bits per heavy atom. The van der Waals surface area contributed by atoms with Crippen LogP contribution in [0.4, 0.5) is 14.5 Å². The van der Waals surface area contributed by atoms with Crippen LogP contribution in [0.1, 0.15) is 21.5 Å². The van der Waals surface area contributed by atoms with E-state index in [4.69, 9.17) is 4.74 Å². The van der Waals surface area contributed by atoms with Crippen molar-refractivity contribution in [2.75, 3.05) is 5.32 Å². The van der Waals surface area contributed by atoms with Gasteiger partial charge in [0.1, 0.15) is 24.0 Å². The molecule has 3 aromatic carbocycles. The molecule has 0 fully saturated rings. The van der Waals surface area contributed by atoms with E-state index < -0.39 is 17.5 Å². The fourth-order valence-corrected chi connectivity index (χ4v) is 2.47. The van der Waals surface area contributed by atoms with E-state index in [2.05, 4.69) is 5.32 Å². The first-order valence-corrected chi connectivity index (χ1v) is 8.06. The van der Waals surface area contributed by atoms with Crippen LogP contribution in [-0.2, 0) is 6.61 Å².